The number of aliphatic imine (C=N–C) groups is 1. The molecule has 8 heteroatoms. The molecule has 2 aromatic rings. The van der Waals surface area contributed by atoms with Gasteiger partial charge in [0.2, 0.25) is 0 Å². The van der Waals surface area contributed by atoms with Gasteiger partial charge in [-0.15, -0.1) is 24.0 Å². The predicted molar refractivity (Wildman–Crippen MR) is 117 cm³/mol. The maximum atomic E-state index is 13.0. The van der Waals surface area contributed by atoms with Crippen LogP contribution in [0.1, 0.15) is 11.3 Å². The maximum Gasteiger partial charge on any atom is 0.255 e. The summed E-state index contributed by atoms with van der Waals surface area (Å²) in [5, 5.41) is 0. The standard InChI is InChI=1S/C19H24FN5O.HI/c1-14-3-4-15(18(26)23(14)2)13-22-19(21)25-11-9-24(10-12-25)17-7-5-16(20)6-8-17;/h3-8H,9-13H2,1-2H3,(H2,21,22);1H. The lowest BCUT2D eigenvalue weighted by Gasteiger charge is -2.36. The number of nitrogens with zero attached hydrogens (tertiary/aromatic N) is 4. The Labute approximate surface area is 175 Å². The van der Waals surface area contributed by atoms with Crippen molar-refractivity contribution in [2.75, 3.05) is 31.1 Å². The van der Waals surface area contributed by atoms with Gasteiger partial charge in [0.25, 0.3) is 5.56 Å². The molecule has 0 atom stereocenters. The largest absolute Gasteiger partial charge is 0.370 e. The number of hydrogen-bond donors (Lipinski definition) is 1. The van der Waals surface area contributed by atoms with Gasteiger partial charge >= 0.3 is 0 Å². The molecule has 1 aliphatic rings. The van der Waals surface area contributed by atoms with E-state index in [9.17, 15) is 9.18 Å². The number of aromatic nitrogens is 1. The van der Waals surface area contributed by atoms with Gasteiger partial charge in [-0.3, -0.25) is 4.79 Å². The van der Waals surface area contributed by atoms with Gasteiger partial charge in [0.15, 0.2) is 5.96 Å². The molecule has 146 valence electrons. The Morgan fingerprint density at radius 2 is 1.74 bits per heavy atom. The van der Waals surface area contributed by atoms with Crippen LogP contribution in [0, 0.1) is 12.7 Å². The normalized spacial score (nSPS) is 14.9. The lowest BCUT2D eigenvalue weighted by atomic mass is 10.2. The number of benzene rings is 1. The average molecular weight is 485 g/mol. The second-order valence-electron chi connectivity index (χ2n) is 6.49. The van der Waals surface area contributed by atoms with E-state index in [0.717, 1.165) is 37.6 Å². The summed E-state index contributed by atoms with van der Waals surface area (Å²) >= 11 is 0. The van der Waals surface area contributed by atoms with Crippen LogP contribution in [-0.2, 0) is 13.6 Å². The fourth-order valence-electron chi connectivity index (χ4n) is 3.01. The summed E-state index contributed by atoms with van der Waals surface area (Å²) in [7, 11) is 1.75. The van der Waals surface area contributed by atoms with E-state index >= 15 is 0 Å². The Hall–Kier alpha value is -2.10. The average Bonchev–Trinajstić information content (AvgIpc) is 2.66. The van der Waals surface area contributed by atoms with Gasteiger partial charge in [-0.1, -0.05) is 0 Å². The minimum Gasteiger partial charge on any atom is -0.370 e. The van der Waals surface area contributed by atoms with Gasteiger partial charge in [0, 0.05) is 50.2 Å². The van der Waals surface area contributed by atoms with Crippen LogP contribution in [0.25, 0.3) is 0 Å². The monoisotopic (exact) mass is 485 g/mol. The van der Waals surface area contributed by atoms with Crippen LogP contribution >= 0.6 is 24.0 Å². The molecule has 1 fully saturated rings. The van der Waals surface area contributed by atoms with E-state index in [0.29, 0.717) is 11.5 Å². The third-order valence-corrected chi connectivity index (χ3v) is 4.84. The SMILES string of the molecule is Cc1ccc(CN=C(N)N2CCN(c3ccc(F)cc3)CC2)c(=O)n1C.I. The van der Waals surface area contributed by atoms with E-state index in [4.69, 9.17) is 5.73 Å². The number of nitrogens with two attached hydrogens (primary N) is 1. The number of halogens is 2. The lowest BCUT2D eigenvalue weighted by molar-refractivity contribution is 0.380. The zero-order valence-electron chi connectivity index (χ0n) is 15.6. The fourth-order valence-corrected chi connectivity index (χ4v) is 3.01. The van der Waals surface area contributed by atoms with Gasteiger partial charge in [0.1, 0.15) is 5.82 Å². The number of rotatable bonds is 3. The highest BCUT2D eigenvalue weighted by Crippen LogP contribution is 2.16. The van der Waals surface area contributed by atoms with Crippen molar-refractivity contribution < 1.29 is 4.39 Å². The molecule has 2 N–H and O–H groups in total. The van der Waals surface area contributed by atoms with Crippen LogP contribution in [0.3, 0.4) is 0 Å². The first-order valence-corrected chi connectivity index (χ1v) is 8.66. The minimum absolute atomic E-state index is 0. The molecule has 0 unspecified atom stereocenters. The summed E-state index contributed by atoms with van der Waals surface area (Å²) in [4.78, 5) is 20.8. The quantitative estimate of drug-likeness (QED) is 0.411. The zero-order valence-corrected chi connectivity index (χ0v) is 17.9. The van der Waals surface area contributed by atoms with E-state index in [-0.39, 0.29) is 41.9 Å². The minimum atomic E-state index is -0.231. The Kier molecular flexibility index (Phi) is 7.23. The number of anilines is 1. The predicted octanol–water partition coefficient (Wildman–Crippen LogP) is 2.09. The second kappa shape index (κ2) is 9.20. The molecule has 3 rings (SSSR count). The van der Waals surface area contributed by atoms with Gasteiger partial charge in [-0.2, -0.15) is 0 Å². The third-order valence-electron chi connectivity index (χ3n) is 4.84. The molecule has 1 saturated heterocycles. The summed E-state index contributed by atoms with van der Waals surface area (Å²) in [6.07, 6.45) is 0. The van der Waals surface area contributed by atoms with Crippen LogP contribution in [0.5, 0.6) is 0 Å². The van der Waals surface area contributed by atoms with Crippen LogP contribution in [0.15, 0.2) is 46.2 Å². The molecule has 27 heavy (non-hydrogen) atoms. The molecule has 2 heterocycles. The summed E-state index contributed by atoms with van der Waals surface area (Å²) in [6.45, 7) is 5.21. The summed E-state index contributed by atoms with van der Waals surface area (Å²) in [6, 6.07) is 10.2. The molecule has 0 bridgehead atoms. The Morgan fingerprint density at radius 3 is 2.37 bits per heavy atom. The first kappa shape index (κ1) is 21.2. The van der Waals surface area contributed by atoms with E-state index < -0.39 is 0 Å². The van der Waals surface area contributed by atoms with Crippen molar-refractivity contribution in [1.29, 1.82) is 0 Å². The highest BCUT2D eigenvalue weighted by atomic mass is 127. The van der Waals surface area contributed by atoms with Crippen LogP contribution in [-0.4, -0.2) is 41.6 Å². The molecule has 1 aromatic heterocycles. The molecule has 0 saturated carbocycles. The molecule has 0 aliphatic carbocycles. The smallest absolute Gasteiger partial charge is 0.255 e. The molecule has 0 spiro atoms. The van der Waals surface area contributed by atoms with E-state index in [1.54, 1.807) is 29.8 Å². The first-order chi connectivity index (χ1) is 12.5. The molecular weight excluding hydrogens is 460 g/mol. The Balaban J connectivity index is 0.00000261. The summed E-state index contributed by atoms with van der Waals surface area (Å²) < 4.78 is 14.7. The summed E-state index contributed by atoms with van der Waals surface area (Å²) in [5.41, 5.74) is 8.62. The second-order valence-corrected chi connectivity index (χ2v) is 6.49. The van der Waals surface area contributed by atoms with Gasteiger partial charge in [0.05, 0.1) is 6.54 Å². The first-order valence-electron chi connectivity index (χ1n) is 8.66. The number of pyridine rings is 1. The summed E-state index contributed by atoms with van der Waals surface area (Å²) in [5.74, 6) is 0.220. The molecule has 1 aliphatic heterocycles. The topological polar surface area (TPSA) is 66.9 Å². The van der Waals surface area contributed by atoms with Crippen molar-refractivity contribution in [3.8, 4) is 0 Å². The lowest BCUT2D eigenvalue weighted by Crippen LogP contribution is -2.51. The number of aryl methyl sites for hydroxylation is 1. The third kappa shape index (κ3) is 5.00. The van der Waals surface area contributed by atoms with Crippen LogP contribution in [0.2, 0.25) is 0 Å². The van der Waals surface area contributed by atoms with Crippen molar-refractivity contribution in [3.63, 3.8) is 0 Å². The number of piperazine rings is 1. The molecule has 6 nitrogen and oxygen atoms in total. The molecule has 0 amide bonds. The fraction of sp³-hybridized carbons (Fsp3) is 0.368. The van der Waals surface area contributed by atoms with E-state index in [1.165, 1.54) is 12.1 Å². The van der Waals surface area contributed by atoms with Crippen LogP contribution in [0.4, 0.5) is 10.1 Å². The van der Waals surface area contributed by atoms with E-state index in [1.807, 2.05) is 17.9 Å². The van der Waals surface area contributed by atoms with Crippen molar-refractivity contribution in [3.05, 3.63) is 63.8 Å². The van der Waals surface area contributed by atoms with Gasteiger partial charge < -0.3 is 20.1 Å². The van der Waals surface area contributed by atoms with Crippen LogP contribution < -0.4 is 16.2 Å². The number of hydrogen-bond acceptors (Lipinski definition) is 3. The number of guanidine groups is 1. The zero-order chi connectivity index (χ0) is 18.7. The Bertz CT molecular complexity index is 857. The molecule has 0 radical (unpaired) electrons. The van der Waals surface area contributed by atoms with E-state index in [2.05, 4.69) is 9.89 Å². The van der Waals surface area contributed by atoms with Gasteiger partial charge in [-0.25, -0.2) is 9.38 Å². The Morgan fingerprint density at radius 1 is 1.11 bits per heavy atom. The highest BCUT2D eigenvalue weighted by Gasteiger charge is 2.18. The van der Waals surface area contributed by atoms with Crippen molar-refractivity contribution in [1.82, 2.24) is 9.47 Å². The van der Waals surface area contributed by atoms with Crippen molar-refractivity contribution in [2.45, 2.75) is 13.5 Å². The van der Waals surface area contributed by atoms with Crippen molar-refractivity contribution in [2.24, 2.45) is 17.8 Å². The highest BCUT2D eigenvalue weighted by molar-refractivity contribution is 14.0. The molecular formula is C19H25FIN5O. The van der Waals surface area contributed by atoms with Crippen molar-refractivity contribution >= 4 is 35.6 Å². The maximum absolute atomic E-state index is 13.0. The molecule has 1 aromatic carbocycles. The van der Waals surface area contributed by atoms with Gasteiger partial charge in [-0.05, 0) is 43.3 Å².